The van der Waals surface area contributed by atoms with Crippen LogP contribution in [0.4, 0.5) is 0 Å². The highest BCUT2D eigenvalue weighted by Gasteiger charge is 2.16. The van der Waals surface area contributed by atoms with Gasteiger partial charge in [-0.15, -0.1) is 0 Å². The van der Waals surface area contributed by atoms with Crippen LogP contribution in [0.3, 0.4) is 0 Å². The highest BCUT2D eigenvalue weighted by atomic mass is 16.3. The largest absolute Gasteiger partial charge is 0.456 e. The number of para-hydroxylation sites is 2. The highest BCUT2D eigenvalue weighted by Crippen LogP contribution is 2.37. The highest BCUT2D eigenvalue weighted by molar-refractivity contribution is 6.10. The van der Waals surface area contributed by atoms with Gasteiger partial charge in [0, 0.05) is 50.0 Å². The van der Waals surface area contributed by atoms with E-state index in [-0.39, 0.29) is 0 Å². The van der Waals surface area contributed by atoms with E-state index < -0.39 is 0 Å². The van der Waals surface area contributed by atoms with Gasteiger partial charge < -0.3 is 8.98 Å². The fourth-order valence-electron chi connectivity index (χ4n) is 7.03. The maximum absolute atomic E-state index is 6.54. The van der Waals surface area contributed by atoms with Crippen LogP contribution in [0.25, 0.3) is 94.7 Å². The molecular formula is C45H28N4O. The summed E-state index contributed by atoms with van der Waals surface area (Å²) in [5, 5.41) is 4.69. The van der Waals surface area contributed by atoms with Crippen LogP contribution in [0.1, 0.15) is 0 Å². The van der Waals surface area contributed by atoms with E-state index in [0.717, 1.165) is 55.4 Å². The van der Waals surface area contributed by atoms with Gasteiger partial charge in [0.25, 0.3) is 0 Å². The third-order valence-corrected chi connectivity index (χ3v) is 9.47. The number of furan rings is 1. The van der Waals surface area contributed by atoms with Crippen LogP contribution in [0.5, 0.6) is 0 Å². The molecule has 10 rings (SSSR count). The van der Waals surface area contributed by atoms with Gasteiger partial charge in [-0.05, 0) is 47.5 Å². The molecular weight excluding hydrogens is 613 g/mol. The first-order chi connectivity index (χ1) is 24.8. The van der Waals surface area contributed by atoms with Gasteiger partial charge in [-0.25, -0.2) is 15.0 Å². The standard InChI is InChI=1S/C45H28N4O/c1-3-11-30(12-4-1)43-46-44(31-13-5-2-6-14-31)48-45(47-43)32-21-19-29(20-22-32)33-23-25-37-38-26-24-34(28-42(38)50-41(37)27-33)49-39-17-9-7-15-35(39)36-16-8-10-18-40(36)49/h1-28H. The van der Waals surface area contributed by atoms with Crippen molar-refractivity contribution in [2.75, 3.05) is 0 Å². The zero-order valence-electron chi connectivity index (χ0n) is 26.9. The number of hydrogen-bond donors (Lipinski definition) is 0. The first-order valence-corrected chi connectivity index (χ1v) is 16.7. The van der Waals surface area contributed by atoms with Crippen molar-refractivity contribution >= 4 is 43.7 Å². The first-order valence-electron chi connectivity index (χ1n) is 16.7. The Kier molecular flexibility index (Phi) is 6.42. The Hall–Kier alpha value is -6.85. The summed E-state index contributed by atoms with van der Waals surface area (Å²) >= 11 is 0. The molecule has 0 N–H and O–H groups in total. The first kappa shape index (κ1) is 28.2. The molecule has 0 aliphatic rings. The van der Waals surface area contributed by atoms with Gasteiger partial charge in [0.2, 0.25) is 0 Å². The molecule has 234 valence electrons. The molecule has 0 bridgehead atoms. The molecule has 0 radical (unpaired) electrons. The minimum atomic E-state index is 0.635. The molecule has 5 nitrogen and oxygen atoms in total. The third kappa shape index (κ3) is 4.67. The Morgan fingerprint density at radius 3 is 1.36 bits per heavy atom. The van der Waals surface area contributed by atoms with E-state index >= 15 is 0 Å². The number of nitrogens with zero attached hydrogens (tertiary/aromatic N) is 4. The second-order valence-corrected chi connectivity index (χ2v) is 12.5. The second kappa shape index (κ2) is 11.4. The minimum absolute atomic E-state index is 0.635. The smallest absolute Gasteiger partial charge is 0.164 e. The molecule has 0 fully saturated rings. The third-order valence-electron chi connectivity index (χ3n) is 9.47. The summed E-state index contributed by atoms with van der Waals surface area (Å²) in [6.07, 6.45) is 0. The van der Waals surface area contributed by atoms with Crippen molar-refractivity contribution in [3.63, 3.8) is 0 Å². The monoisotopic (exact) mass is 640 g/mol. The quantitative estimate of drug-likeness (QED) is 0.188. The van der Waals surface area contributed by atoms with Gasteiger partial charge in [-0.1, -0.05) is 127 Å². The van der Waals surface area contributed by atoms with E-state index in [4.69, 9.17) is 19.4 Å². The second-order valence-electron chi connectivity index (χ2n) is 12.5. The van der Waals surface area contributed by atoms with Gasteiger partial charge in [0.15, 0.2) is 17.5 Å². The summed E-state index contributed by atoms with van der Waals surface area (Å²) in [7, 11) is 0. The molecule has 5 heteroatoms. The van der Waals surface area contributed by atoms with E-state index in [2.05, 4.69) is 114 Å². The van der Waals surface area contributed by atoms with E-state index in [0.29, 0.717) is 17.5 Å². The maximum Gasteiger partial charge on any atom is 0.164 e. The Bertz CT molecular complexity index is 2740. The molecule has 0 saturated carbocycles. The number of fused-ring (bicyclic) bond motifs is 6. The van der Waals surface area contributed by atoms with Gasteiger partial charge in [-0.3, -0.25) is 0 Å². The van der Waals surface area contributed by atoms with Gasteiger partial charge >= 0.3 is 0 Å². The van der Waals surface area contributed by atoms with E-state index in [9.17, 15) is 0 Å². The molecule has 3 aromatic heterocycles. The predicted octanol–water partition coefficient (Wildman–Crippen LogP) is 11.5. The molecule has 3 heterocycles. The lowest BCUT2D eigenvalue weighted by Gasteiger charge is -2.09. The molecule has 0 amide bonds. The van der Waals surface area contributed by atoms with Gasteiger partial charge in [0.05, 0.1) is 11.0 Å². The Morgan fingerprint density at radius 2 is 0.780 bits per heavy atom. The number of hydrogen-bond acceptors (Lipinski definition) is 4. The Morgan fingerprint density at radius 1 is 0.340 bits per heavy atom. The van der Waals surface area contributed by atoms with E-state index in [1.165, 1.54) is 21.8 Å². The molecule has 7 aromatic carbocycles. The van der Waals surface area contributed by atoms with Crippen LogP contribution in [0, 0.1) is 0 Å². The summed E-state index contributed by atoms with van der Waals surface area (Å²) in [5.74, 6) is 1.93. The molecule has 0 aliphatic carbocycles. The SMILES string of the molecule is c1ccc(-c2nc(-c3ccccc3)nc(-c3ccc(-c4ccc5c(c4)oc4cc(-n6c7ccccc7c7ccccc76)ccc45)cc3)n2)cc1. The van der Waals surface area contributed by atoms with Crippen LogP contribution >= 0.6 is 0 Å². The lowest BCUT2D eigenvalue weighted by molar-refractivity contribution is 0.669. The van der Waals surface area contributed by atoms with Crippen molar-refractivity contribution < 1.29 is 4.42 Å². The zero-order valence-corrected chi connectivity index (χ0v) is 26.9. The van der Waals surface area contributed by atoms with E-state index in [1.54, 1.807) is 0 Å². The summed E-state index contributed by atoms with van der Waals surface area (Å²) in [6, 6.07) is 58.6. The molecule has 0 atom stereocenters. The average Bonchev–Trinajstić information content (AvgIpc) is 3.73. The molecule has 0 saturated heterocycles. The summed E-state index contributed by atoms with van der Waals surface area (Å²) in [4.78, 5) is 14.6. The minimum Gasteiger partial charge on any atom is -0.456 e. The average molecular weight is 641 g/mol. The van der Waals surface area contributed by atoms with Crippen molar-refractivity contribution in [2.45, 2.75) is 0 Å². The molecule has 0 unspecified atom stereocenters. The molecule has 50 heavy (non-hydrogen) atoms. The summed E-state index contributed by atoms with van der Waals surface area (Å²) in [5.41, 5.74) is 10.2. The van der Waals surface area contributed by atoms with Crippen LogP contribution in [0.15, 0.2) is 174 Å². The molecule has 0 spiro atoms. The van der Waals surface area contributed by atoms with E-state index in [1.807, 2.05) is 60.7 Å². The van der Waals surface area contributed by atoms with Crippen LogP contribution in [-0.4, -0.2) is 19.5 Å². The van der Waals surface area contributed by atoms with Crippen LogP contribution in [0.2, 0.25) is 0 Å². The Balaban J connectivity index is 1.02. The summed E-state index contributed by atoms with van der Waals surface area (Å²) < 4.78 is 8.86. The van der Waals surface area contributed by atoms with Gasteiger partial charge in [-0.2, -0.15) is 0 Å². The van der Waals surface area contributed by atoms with Crippen molar-refractivity contribution in [3.8, 4) is 51.0 Å². The lowest BCUT2D eigenvalue weighted by Crippen LogP contribution is -2.00. The van der Waals surface area contributed by atoms with Crippen LogP contribution < -0.4 is 0 Å². The molecule has 10 aromatic rings. The number of benzene rings is 7. The zero-order chi connectivity index (χ0) is 33.0. The number of aromatic nitrogens is 4. The van der Waals surface area contributed by atoms with Crippen molar-refractivity contribution in [1.29, 1.82) is 0 Å². The van der Waals surface area contributed by atoms with Crippen molar-refractivity contribution in [1.82, 2.24) is 19.5 Å². The lowest BCUT2D eigenvalue weighted by atomic mass is 10.0. The Labute approximate surface area is 287 Å². The van der Waals surface area contributed by atoms with Crippen molar-refractivity contribution in [3.05, 3.63) is 170 Å². The molecule has 0 aliphatic heterocycles. The van der Waals surface area contributed by atoms with Crippen LogP contribution in [-0.2, 0) is 0 Å². The van der Waals surface area contributed by atoms with Crippen molar-refractivity contribution in [2.24, 2.45) is 0 Å². The summed E-state index contributed by atoms with van der Waals surface area (Å²) in [6.45, 7) is 0. The van der Waals surface area contributed by atoms with Gasteiger partial charge in [0.1, 0.15) is 11.2 Å². The maximum atomic E-state index is 6.54. The normalized spacial score (nSPS) is 11.6. The predicted molar refractivity (Wildman–Crippen MR) is 203 cm³/mol. The fourth-order valence-corrected chi connectivity index (χ4v) is 7.03. The fraction of sp³-hybridized carbons (Fsp3) is 0. The topological polar surface area (TPSA) is 56.7 Å². The number of rotatable bonds is 5.